The molecule has 2 nitrogen and oxygen atoms in total. The Labute approximate surface area is 105 Å². The van der Waals surface area contributed by atoms with Crippen LogP contribution >= 0.6 is 15.9 Å². The molecule has 0 spiro atoms. The molecule has 0 aromatic heterocycles. The highest BCUT2D eigenvalue weighted by Crippen LogP contribution is 2.24. The van der Waals surface area contributed by atoms with Crippen LogP contribution in [-0.4, -0.2) is 5.91 Å². The molecule has 1 rings (SSSR count). The summed E-state index contributed by atoms with van der Waals surface area (Å²) in [6.45, 7) is 7.29. The average Bonchev–Trinajstić information content (AvgIpc) is 2.20. The second kappa shape index (κ2) is 5.85. The van der Waals surface area contributed by atoms with Gasteiger partial charge in [-0.3, -0.25) is 4.79 Å². The van der Waals surface area contributed by atoms with E-state index in [2.05, 4.69) is 27.8 Å². The van der Waals surface area contributed by atoms with Crippen molar-refractivity contribution in [3.63, 3.8) is 0 Å². The van der Waals surface area contributed by atoms with Gasteiger partial charge in [-0.05, 0) is 36.6 Å². The van der Waals surface area contributed by atoms with Gasteiger partial charge in [-0.2, -0.15) is 0 Å². The van der Waals surface area contributed by atoms with Crippen molar-refractivity contribution in [3.8, 4) is 0 Å². The van der Waals surface area contributed by atoms with Crippen molar-refractivity contribution in [1.82, 2.24) is 5.32 Å². The van der Waals surface area contributed by atoms with Crippen molar-refractivity contribution in [3.05, 3.63) is 46.5 Å². The fraction of sp³-hybridized carbons (Fsp3) is 0.308. The normalized spacial score (nSPS) is 11.9. The zero-order chi connectivity index (χ0) is 12.1. The highest BCUT2D eigenvalue weighted by molar-refractivity contribution is 9.10. The molecule has 0 aliphatic rings. The fourth-order valence-corrected chi connectivity index (χ4v) is 2.04. The minimum atomic E-state index is -0.0220. The maximum absolute atomic E-state index is 11.1. The molecule has 86 valence electrons. The molecule has 0 heterocycles. The van der Waals surface area contributed by atoms with Crippen LogP contribution in [0.3, 0.4) is 0 Å². The molecule has 0 saturated carbocycles. The Hall–Kier alpha value is -1.09. The van der Waals surface area contributed by atoms with E-state index in [1.807, 2.05) is 31.2 Å². The average molecular weight is 282 g/mol. The highest BCUT2D eigenvalue weighted by Gasteiger charge is 2.13. The van der Waals surface area contributed by atoms with E-state index >= 15 is 0 Å². The molecule has 0 saturated heterocycles. The van der Waals surface area contributed by atoms with Crippen molar-refractivity contribution in [2.75, 3.05) is 0 Å². The topological polar surface area (TPSA) is 29.1 Å². The van der Waals surface area contributed by atoms with E-state index in [1.165, 1.54) is 12.5 Å². The number of aryl methyl sites for hydroxylation is 1. The minimum absolute atomic E-state index is 0.00694. The van der Waals surface area contributed by atoms with Gasteiger partial charge in [0.05, 0.1) is 6.04 Å². The number of amides is 1. The lowest BCUT2D eigenvalue weighted by Gasteiger charge is -2.19. The summed E-state index contributed by atoms with van der Waals surface area (Å²) >= 11 is 3.44. The molecule has 1 unspecified atom stereocenters. The van der Waals surface area contributed by atoms with Gasteiger partial charge >= 0.3 is 0 Å². The lowest BCUT2D eigenvalue weighted by Crippen LogP contribution is -2.26. The van der Waals surface area contributed by atoms with Crippen LogP contribution in [0.5, 0.6) is 0 Å². The maximum atomic E-state index is 11.1. The molecule has 1 N–H and O–H groups in total. The summed E-state index contributed by atoms with van der Waals surface area (Å²) in [5, 5.41) is 2.93. The molecule has 0 aliphatic heterocycles. The molecule has 0 bridgehead atoms. The number of benzene rings is 1. The number of hydrogen-bond donors (Lipinski definition) is 1. The largest absolute Gasteiger partial charge is 0.349 e. The summed E-state index contributed by atoms with van der Waals surface area (Å²) < 4.78 is 1.02. The number of hydrogen-bond acceptors (Lipinski definition) is 1. The quantitative estimate of drug-likeness (QED) is 0.841. The van der Waals surface area contributed by atoms with Crippen molar-refractivity contribution in [2.45, 2.75) is 26.3 Å². The third-order valence-electron chi connectivity index (χ3n) is 2.40. The Bertz CT molecular complexity index is 401. The SMILES string of the molecule is C=CCC(NC(C)=O)c1cc(Br)ccc1C. The summed E-state index contributed by atoms with van der Waals surface area (Å²) in [5.41, 5.74) is 2.30. The van der Waals surface area contributed by atoms with Crippen LogP contribution in [-0.2, 0) is 4.79 Å². The number of rotatable bonds is 4. The molecular formula is C13H16BrNO. The van der Waals surface area contributed by atoms with Gasteiger partial charge in [0.25, 0.3) is 0 Å². The molecule has 16 heavy (non-hydrogen) atoms. The second-order valence-electron chi connectivity index (χ2n) is 3.78. The Balaban J connectivity index is 3.03. The molecule has 1 amide bonds. The van der Waals surface area contributed by atoms with Gasteiger partial charge in [-0.1, -0.05) is 28.1 Å². The monoisotopic (exact) mass is 281 g/mol. The van der Waals surface area contributed by atoms with E-state index in [0.29, 0.717) is 0 Å². The number of carbonyl (C=O) groups is 1. The molecule has 1 aromatic rings. The minimum Gasteiger partial charge on any atom is -0.349 e. The highest BCUT2D eigenvalue weighted by atomic mass is 79.9. The Kier molecular flexibility index (Phi) is 4.74. The molecule has 1 atom stereocenters. The van der Waals surface area contributed by atoms with E-state index in [4.69, 9.17) is 0 Å². The van der Waals surface area contributed by atoms with Gasteiger partial charge in [-0.15, -0.1) is 6.58 Å². The molecular weight excluding hydrogens is 266 g/mol. The van der Waals surface area contributed by atoms with Crippen molar-refractivity contribution in [1.29, 1.82) is 0 Å². The molecule has 0 radical (unpaired) electrons. The summed E-state index contributed by atoms with van der Waals surface area (Å²) in [6, 6.07) is 6.08. The third-order valence-corrected chi connectivity index (χ3v) is 2.89. The number of carbonyl (C=O) groups excluding carboxylic acids is 1. The molecule has 0 fully saturated rings. The smallest absolute Gasteiger partial charge is 0.217 e. The first kappa shape index (κ1) is 13.0. The fourth-order valence-electron chi connectivity index (χ4n) is 1.66. The first-order valence-electron chi connectivity index (χ1n) is 5.18. The number of nitrogens with one attached hydrogen (secondary N) is 1. The van der Waals surface area contributed by atoms with Gasteiger partial charge in [0, 0.05) is 11.4 Å². The van der Waals surface area contributed by atoms with Crippen LogP contribution in [0.15, 0.2) is 35.3 Å². The van der Waals surface area contributed by atoms with E-state index in [9.17, 15) is 4.79 Å². The molecule has 1 aromatic carbocycles. The Morgan fingerprint density at radius 3 is 2.88 bits per heavy atom. The zero-order valence-corrected chi connectivity index (χ0v) is 11.2. The lowest BCUT2D eigenvalue weighted by molar-refractivity contribution is -0.119. The summed E-state index contributed by atoms with van der Waals surface area (Å²) in [6.07, 6.45) is 2.55. The summed E-state index contributed by atoms with van der Waals surface area (Å²) in [7, 11) is 0. The first-order chi connectivity index (χ1) is 7.54. The van der Waals surface area contributed by atoms with Gasteiger partial charge in [0.2, 0.25) is 5.91 Å². The van der Waals surface area contributed by atoms with E-state index < -0.39 is 0 Å². The third kappa shape index (κ3) is 3.49. The van der Waals surface area contributed by atoms with Crippen molar-refractivity contribution >= 4 is 21.8 Å². The van der Waals surface area contributed by atoms with Gasteiger partial charge in [-0.25, -0.2) is 0 Å². The maximum Gasteiger partial charge on any atom is 0.217 e. The predicted molar refractivity (Wildman–Crippen MR) is 70.3 cm³/mol. The van der Waals surface area contributed by atoms with E-state index in [1.54, 1.807) is 0 Å². The van der Waals surface area contributed by atoms with Crippen LogP contribution < -0.4 is 5.32 Å². The van der Waals surface area contributed by atoms with E-state index in [-0.39, 0.29) is 11.9 Å². The Morgan fingerprint density at radius 2 is 2.31 bits per heavy atom. The standard InChI is InChI=1S/C13H16BrNO/c1-4-5-13(15-10(3)16)12-8-11(14)7-6-9(12)2/h4,6-8,13H,1,5H2,2-3H3,(H,15,16). The molecule has 3 heteroatoms. The summed E-state index contributed by atoms with van der Waals surface area (Å²) in [4.78, 5) is 11.1. The van der Waals surface area contributed by atoms with Crippen LogP contribution in [0.1, 0.15) is 30.5 Å². The van der Waals surface area contributed by atoms with Crippen LogP contribution in [0.25, 0.3) is 0 Å². The predicted octanol–water partition coefficient (Wildman–Crippen LogP) is 3.51. The Morgan fingerprint density at radius 1 is 1.62 bits per heavy atom. The summed E-state index contributed by atoms with van der Waals surface area (Å²) in [5.74, 6) is -0.0220. The van der Waals surface area contributed by atoms with Gasteiger partial charge in [0.1, 0.15) is 0 Å². The van der Waals surface area contributed by atoms with Crippen molar-refractivity contribution < 1.29 is 4.79 Å². The van der Waals surface area contributed by atoms with E-state index in [0.717, 1.165) is 16.5 Å². The lowest BCUT2D eigenvalue weighted by atomic mass is 9.99. The number of halogens is 1. The molecule has 0 aliphatic carbocycles. The van der Waals surface area contributed by atoms with Crippen molar-refractivity contribution in [2.24, 2.45) is 0 Å². The zero-order valence-electron chi connectivity index (χ0n) is 9.59. The van der Waals surface area contributed by atoms with Gasteiger partial charge < -0.3 is 5.32 Å². The van der Waals surface area contributed by atoms with Crippen LogP contribution in [0.2, 0.25) is 0 Å². The van der Waals surface area contributed by atoms with Crippen LogP contribution in [0, 0.1) is 6.92 Å². The van der Waals surface area contributed by atoms with Crippen LogP contribution in [0.4, 0.5) is 0 Å². The van der Waals surface area contributed by atoms with Gasteiger partial charge in [0.15, 0.2) is 0 Å². The first-order valence-corrected chi connectivity index (χ1v) is 5.98. The second-order valence-corrected chi connectivity index (χ2v) is 4.69.